The van der Waals surface area contributed by atoms with Crippen molar-refractivity contribution in [1.29, 1.82) is 5.26 Å². The Labute approximate surface area is 116 Å². The summed E-state index contributed by atoms with van der Waals surface area (Å²) in [6, 6.07) is 14.3. The molecule has 0 amide bonds. The first-order chi connectivity index (χ1) is 9.72. The van der Waals surface area contributed by atoms with Crippen LogP contribution in [0.5, 0.6) is 0 Å². The van der Waals surface area contributed by atoms with E-state index < -0.39 is 11.9 Å². The average Bonchev–Trinajstić information content (AvgIpc) is 2.48. The van der Waals surface area contributed by atoms with Crippen LogP contribution in [0, 0.1) is 11.3 Å². The van der Waals surface area contributed by atoms with Gasteiger partial charge in [-0.1, -0.05) is 30.3 Å². The van der Waals surface area contributed by atoms with E-state index >= 15 is 0 Å². The Bertz CT molecular complexity index is 635. The lowest BCUT2D eigenvalue weighted by atomic mass is 9.99. The minimum Gasteiger partial charge on any atom is -0.481 e. The zero-order chi connectivity index (χ0) is 14.4. The van der Waals surface area contributed by atoms with Crippen LogP contribution in [0.15, 0.2) is 48.7 Å². The number of carbonyl (C=O) groups is 1. The molecular formula is C15H13N3O2. The van der Waals surface area contributed by atoms with E-state index in [0.29, 0.717) is 16.9 Å². The topological polar surface area (TPSA) is 86.0 Å². The molecule has 1 unspecified atom stereocenters. The van der Waals surface area contributed by atoms with Crippen LogP contribution in [0.2, 0.25) is 0 Å². The third-order valence-corrected chi connectivity index (χ3v) is 2.90. The summed E-state index contributed by atoms with van der Waals surface area (Å²) in [6.45, 7) is 0.172. The van der Waals surface area contributed by atoms with Gasteiger partial charge in [-0.2, -0.15) is 5.26 Å². The highest BCUT2D eigenvalue weighted by Crippen LogP contribution is 2.18. The fraction of sp³-hybridized carbons (Fsp3) is 0.133. The molecule has 5 heteroatoms. The highest BCUT2D eigenvalue weighted by molar-refractivity contribution is 5.77. The van der Waals surface area contributed by atoms with Crippen LogP contribution < -0.4 is 5.32 Å². The molecule has 100 valence electrons. The molecule has 1 heterocycles. The van der Waals surface area contributed by atoms with Gasteiger partial charge in [0.15, 0.2) is 0 Å². The van der Waals surface area contributed by atoms with Crippen molar-refractivity contribution >= 4 is 11.8 Å². The molecule has 1 aromatic carbocycles. The van der Waals surface area contributed by atoms with Gasteiger partial charge in [0.25, 0.3) is 0 Å². The summed E-state index contributed by atoms with van der Waals surface area (Å²) in [5.41, 5.74) is 1.10. The van der Waals surface area contributed by atoms with Crippen molar-refractivity contribution in [1.82, 2.24) is 4.98 Å². The Balaban J connectivity index is 2.15. The molecule has 0 aliphatic carbocycles. The summed E-state index contributed by atoms with van der Waals surface area (Å²) in [6.07, 6.45) is 1.56. The number of hydrogen-bond donors (Lipinski definition) is 2. The first-order valence-electron chi connectivity index (χ1n) is 6.09. The quantitative estimate of drug-likeness (QED) is 0.867. The van der Waals surface area contributed by atoms with Crippen molar-refractivity contribution in [3.63, 3.8) is 0 Å². The van der Waals surface area contributed by atoms with Gasteiger partial charge in [-0.05, 0) is 17.7 Å². The third kappa shape index (κ3) is 3.12. The first kappa shape index (κ1) is 13.6. The fourth-order valence-electron chi connectivity index (χ4n) is 1.87. The second kappa shape index (κ2) is 6.34. The van der Waals surface area contributed by atoms with E-state index in [9.17, 15) is 9.90 Å². The standard InChI is InChI=1S/C15H13N3O2/c16-9-12-7-4-8-17-14(12)18-10-13(15(19)20)11-5-2-1-3-6-11/h1-8,13H,10H2,(H,17,18)(H,19,20). The molecule has 0 fully saturated rings. The van der Waals surface area contributed by atoms with Crippen LogP contribution >= 0.6 is 0 Å². The van der Waals surface area contributed by atoms with Crippen LogP contribution in [0.25, 0.3) is 0 Å². The molecule has 20 heavy (non-hydrogen) atoms. The number of pyridine rings is 1. The van der Waals surface area contributed by atoms with E-state index in [1.807, 2.05) is 12.1 Å². The van der Waals surface area contributed by atoms with Gasteiger partial charge in [-0.25, -0.2) is 4.98 Å². The molecule has 5 nitrogen and oxygen atoms in total. The number of anilines is 1. The number of nitrogens with one attached hydrogen (secondary N) is 1. The first-order valence-corrected chi connectivity index (χ1v) is 6.09. The molecule has 0 aliphatic heterocycles. The zero-order valence-electron chi connectivity index (χ0n) is 10.7. The molecule has 2 N–H and O–H groups in total. The lowest BCUT2D eigenvalue weighted by Crippen LogP contribution is -2.21. The molecule has 0 saturated carbocycles. The fourth-order valence-corrected chi connectivity index (χ4v) is 1.87. The molecule has 0 bridgehead atoms. The number of benzene rings is 1. The summed E-state index contributed by atoms with van der Waals surface area (Å²) in [4.78, 5) is 15.4. The van der Waals surface area contributed by atoms with E-state index in [2.05, 4.69) is 10.3 Å². The summed E-state index contributed by atoms with van der Waals surface area (Å²) >= 11 is 0. The van der Waals surface area contributed by atoms with Gasteiger partial charge < -0.3 is 10.4 Å². The van der Waals surface area contributed by atoms with E-state index in [0.717, 1.165) is 0 Å². The van der Waals surface area contributed by atoms with Crippen LogP contribution in [-0.4, -0.2) is 22.6 Å². The number of nitrogens with zero attached hydrogens (tertiary/aromatic N) is 2. The molecule has 0 aliphatic rings. The highest BCUT2D eigenvalue weighted by Gasteiger charge is 2.19. The van der Waals surface area contributed by atoms with E-state index in [1.54, 1.807) is 42.6 Å². The highest BCUT2D eigenvalue weighted by atomic mass is 16.4. The van der Waals surface area contributed by atoms with Crippen LogP contribution in [0.1, 0.15) is 17.0 Å². The van der Waals surface area contributed by atoms with Crippen molar-refractivity contribution in [2.45, 2.75) is 5.92 Å². The van der Waals surface area contributed by atoms with Crippen molar-refractivity contribution in [3.05, 3.63) is 59.8 Å². The van der Waals surface area contributed by atoms with Gasteiger partial charge in [-0.3, -0.25) is 4.79 Å². The van der Waals surface area contributed by atoms with E-state index in [4.69, 9.17) is 5.26 Å². The number of rotatable bonds is 5. The van der Waals surface area contributed by atoms with Gasteiger partial charge in [-0.15, -0.1) is 0 Å². The van der Waals surface area contributed by atoms with Gasteiger partial charge in [0.2, 0.25) is 0 Å². The lowest BCUT2D eigenvalue weighted by Gasteiger charge is -2.14. The number of carboxylic acid groups (broad SMARTS) is 1. The third-order valence-electron chi connectivity index (χ3n) is 2.90. The Morgan fingerprint density at radius 1 is 1.30 bits per heavy atom. The monoisotopic (exact) mass is 267 g/mol. The summed E-state index contributed by atoms with van der Waals surface area (Å²) in [5.74, 6) is -1.21. The Kier molecular flexibility index (Phi) is 4.30. The maximum atomic E-state index is 11.4. The molecule has 1 aromatic heterocycles. The largest absolute Gasteiger partial charge is 0.481 e. The summed E-state index contributed by atoms with van der Waals surface area (Å²) in [5, 5.41) is 21.2. The van der Waals surface area contributed by atoms with E-state index in [1.165, 1.54) is 0 Å². The average molecular weight is 267 g/mol. The SMILES string of the molecule is N#Cc1cccnc1NCC(C(=O)O)c1ccccc1. The number of aromatic nitrogens is 1. The van der Waals surface area contributed by atoms with Crippen molar-refractivity contribution in [2.24, 2.45) is 0 Å². The molecule has 2 rings (SSSR count). The smallest absolute Gasteiger partial charge is 0.312 e. The Morgan fingerprint density at radius 3 is 2.70 bits per heavy atom. The predicted molar refractivity (Wildman–Crippen MR) is 74.3 cm³/mol. The minimum absolute atomic E-state index is 0.172. The van der Waals surface area contributed by atoms with Gasteiger partial charge in [0.1, 0.15) is 11.9 Å². The minimum atomic E-state index is -0.918. The van der Waals surface area contributed by atoms with Crippen LogP contribution in [0.3, 0.4) is 0 Å². The number of aliphatic carboxylic acids is 1. The Morgan fingerprint density at radius 2 is 2.05 bits per heavy atom. The van der Waals surface area contributed by atoms with Crippen molar-refractivity contribution in [3.8, 4) is 6.07 Å². The molecule has 2 aromatic rings. The molecular weight excluding hydrogens is 254 g/mol. The summed E-state index contributed by atoms with van der Waals surface area (Å²) in [7, 11) is 0. The van der Waals surface area contributed by atoms with E-state index in [-0.39, 0.29) is 6.54 Å². The predicted octanol–water partition coefficient (Wildman–Crippen LogP) is 2.23. The summed E-state index contributed by atoms with van der Waals surface area (Å²) < 4.78 is 0. The van der Waals surface area contributed by atoms with Crippen molar-refractivity contribution < 1.29 is 9.90 Å². The second-order valence-electron chi connectivity index (χ2n) is 4.19. The molecule has 1 atom stereocenters. The van der Waals surface area contributed by atoms with Crippen molar-refractivity contribution in [2.75, 3.05) is 11.9 Å². The maximum absolute atomic E-state index is 11.4. The molecule has 0 radical (unpaired) electrons. The van der Waals surface area contributed by atoms with Gasteiger partial charge in [0, 0.05) is 12.7 Å². The van der Waals surface area contributed by atoms with Crippen LogP contribution in [0.4, 0.5) is 5.82 Å². The maximum Gasteiger partial charge on any atom is 0.312 e. The van der Waals surface area contributed by atoms with Gasteiger partial charge >= 0.3 is 5.97 Å². The van der Waals surface area contributed by atoms with Gasteiger partial charge in [0.05, 0.1) is 11.5 Å². The second-order valence-corrected chi connectivity index (χ2v) is 4.19. The normalized spacial score (nSPS) is 11.3. The lowest BCUT2D eigenvalue weighted by molar-refractivity contribution is -0.138. The zero-order valence-corrected chi connectivity index (χ0v) is 10.7. The molecule has 0 spiro atoms. The number of carboxylic acids is 1. The number of hydrogen-bond acceptors (Lipinski definition) is 4. The molecule has 0 saturated heterocycles. The number of nitriles is 1. The van der Waals surface area contributed by atoms with Crippen LogP contribution in [-0.2, 0) is 4.79 Å². The Hall–Kier alpha value is -2.87.